The van der Waals surface area contributed by atoms with Crippen molar-refractivity contribution in [3.8, 4) is 0 Å². The van der Waals surface area contributed by atoms with Gasteiger partial charge < -0.3 is 10.1 Å². The molecule has 16 heavy (non-hydrogen) atoms. The molecule has 0 aliphatic rings. The molecule has 0 spiro atoms. The number of carboxylic acid groups (broad SMARTS) is 1. The van der Waals surface area contributed by atoms with Crippen LogP contribution in [0.5, 0.6) is 0 Å². The van der Waals surface area contributed by atoms with E-state index < -0.39 is 11.5 Å². The van der Waals surface area contributed by atoms with E-state index in [1.54, 1.807) is 18.2 Å². The fourth-order valence-electron chi connectivity index (χ4n) is 1.60. The van der Waals surface area contributed by atoms with Gasteiger partial charge in [-0.05, 0) is 34.5 Å². The molecule has 4 nitrogen and oxygen atoms in total. The minimum Gasteiger partial charge on any atom is -0.478 e. The number of aromatic carboxylic acids is 1. The average Bonchev–Trinajstić information content (AvgIpc) is 2.19. The van der Waals surface area contributed by atoms with Gasteiger partial charge in [-0.1, -0.05) is 12.1 Å². The molecule has 0 fully saturated rings. The molecule has 0 bridgehead atoms. The van der Waals surface area contributed by atoms with Crippen LogP contribution in [-0.4, -0.2) is 16.1 Å². The van der Waals surface area contributed by atoms with Crippen molar-refractivity contribution < 1.29 is 9.90 Å². The number of H-pyrrole nitrogens is 1. The number of halogens is 1. The van der Waals surface area contributed by atoms with E-state index in [4.69, 9.17) is 5.11 Å². The number of benzene rings is 1. The summed E-state index contributed by atoms with van der Waals surface area (Å²) in [5.41, 5.74) is 1.06. The number of carboxylic acids is 1. The van der Waals surface area contributed by atoms with Crippen LogP contribution >= 0.6 is 15.9 Å². The maximum atomic E-state index is 11.5. The third kappa shape index (κ3) is 1.63. The molecule has 1 heterocycles. The van der Waals surface area contributed by atoms with Crippen LogP contribution in [-0.2, 0) is 0 Å². The van der Waals surface area contributed by atoms with Gasteiger partial charge >= 0.3 is 5.97 Å². The Morgan fingerprint density at radius 1 is 1.44 bits per heavy atom. The van der Waals surface area contributed by atoms with E-state index in [1.807, 2.05) is 6.92 Å². The van der Waals surface area contributed by atoms with Crippen molar-refractivity contribution >= 4 is 32.8 Å². The number of fused-ring (bicyclic) bond motifs is 1. The monoisotopic (exact) mass is 281 g/mol. The lowest BCUT2D eigenvalue weighted by Crippen LogP contribution is -2.13. The SMILES string of the molecule is Cc1ccc2c(C(=O)O)c(Br)c(=O)[nH]c2c1. The number of hydrogen-bond donors (Lipinski definition) is 2. The molecule has 1 aromatic heterocycles. The third-order valence-electron chi connectivity index (χ3n) is 2.33. The molecule has 0 atom stereocenters. The highest BCUT2D eigenvalue weighted by Crippen LogP contribution is 2.22. The van der Waals surface area contributed by atoms with E-state index in [2.05, 4.69) is 20.9 Å². The number of rotatable bonds is 1. The lowest BCUT2D eigenvalue weighted by Gasteiger charge is -2.05. The predicted molar refractivity (Wildman–Crippen MR) is 64.0 cm³/mol. The highest BCUT2D eigenvalue weighted by molar-refractivity contribution is 9.10. The van der Waals surface area contributed by atoms with Gasteiger partial charge in [-0.15, -0.1) is 0 Å². The number of nitrogens with one attached hydrogen (secondary N) is 1. The molecule has 0 aliphatic heterocycles. The maximum Gasteiger partial charge on any atom is 0.337 e. The molecular formula is C11H8BrNO3. The summed E-state index contributed by atoms with van der Waals surface area (Å²) in [7, 11) is 0. The molecule has 0 unspecified atom stereocenters. The molecule has 0 radical (unpaired) electrons. The summed E-state index contributed by atoms with van der Waals surface area (Å²) in [6.45, 7) is 1.88. The minimum absolute atomic E-state index is 0.00116. The Hall–Kier alpha value is -1.62. The molecule has 2 rings (SSSR count). The first-order valence-corrected chi connectivity index (χ1v) is 5.35. The standard InChI is InChI=1S/C11H8BrNO3/c1-5-2-3-6-7(4-5)13-10(14)9(12)8(6)11(15)16/h2-4H,1H3,(H,13,14)(H,15,16). The normalized spacial score (nSPS) is 10.6. The Labute approximate surface area is 99.0 Å². The van der Waals surface area contributed by atoms with Crippen LogP contribution in [0.15, 0.2) is 27.5 Å². The summed E-state index contributed by atoms with van der Waals surface area (Å²) in [6.07, 6.45) is 0. The van der Waals surface area contributed by atoms with Gasteiger partial charge in [0.15, 0.2) is 0 Å². The molecule has 5 heteroatoms. The topological polar surface area (TPSA) is 70.2 Å². The van der Waals surface area contributed by atoms with E-state index in [1.165, 1.54) is 0 Å². The maximum absolute atomic E-state index is 11.5. The van der Waals surface area contributed by atoms with Gasteiger partial charge in [0.2, 0.25) is 0 Å². The first kappa shape index (κ1) is 10.9. The van der Waals surface area contributed by atoms with Gasteiger partial charge in [0.1, 0.15) is 0 Å². The van der Waals surface area contributed by atoms with Gasteiger partial charge in [-0.3, -0.25) is 4.79 Å². The van der Waals surface area contributed by atoms with Gasteiger partial charge in [-0.2, -0.15) is 0 Å². The molecule has 0 saturated heterocycles. The van der Waals surface area contributed by atoms with E-state index in [-0.39, 0.29) is 10.0 Å². The van der Waals surface area contributed by atoms with Crippen LogP contribution in [0.2, 0.25) is 0 Å². The zero-order valence-electron chi connectivity index (χ0n) is 8.37. The second kappa shape index (κ2) is 3.75. The van der Waals surface area contributed by atoms with Crippen molar-refractivity contribution in [2.24, 2.45) is 0 Å². The summed E-state index contributed by atoms with van der Waals surface area (Å²) in [5, 5.41) is 9.59. The number of aryl methyl sites for hydroxylation is 1. The largest absolute Gasteiger partial charge is 0.478 e. The van der Waals surface area contributed by atoms with Crippen molar-refractivity contribution in [1.82, 2.24) is 4.98 Å². The van der Waals surface area contributed by atoms with Crippen molar-refractivity contribution in [2.45, 2.75) is 6.92 Å². The minimum atomic E-state index is -1.12. The zero-order chi connectivity index (χ0) is 11.9. The van der Waals surface area contributed by atoms with E-state index in [0.717, 1.165) is 5.56 Å². The second-order valence-electron chi connectivity index (χ2n) is 3.50. The molecule has 0 aliphatic carbocycles. The van der Waals surface area contributed by atoms with E-state index in [0.29, 0.717) is 10.9 Å². The van der Waals surface area contributed by atoms with Crippen LogP contribution in [0.1, 0.15) is 15.9 Å². The molecule has 1 aromatic carbocycles. The van der Waals surface area contributed by atoms with Crippen molar-refractivity contribution in [2.75, 3.05) is 0 Å². The summed E-state index contributed by atoms with van der Waals surface area (Å²) in [4.78, 5) is 25.2. The lowest BCUT2D eigenvalue weighted by atomic mass is 10.1. The molecule has 0 saturated carbocycles. The van der Waals surface area contributed by atoms with Gasteiger partial charge in [0.05, 0.1) is 10.0 Å². The van der Waals surface area contributed by atoms with Crippen LogP contribution < -0.4 is 5.56 Å². The molecule has 2 aromatic rings. The van der Waals surface area contributed by atoms with E-state index >= 15 is 0 Å². The summed E-state index contributed by atoms with van der Waals surface area (Å²) in [6, 6.07) is 5.24. The van der Waals surface area contributed by atoms with Gasteiger partial charge in [-0.25, -0.2) is 4.79 Å². The molecular weight excluding hydrogens is 274 g/mol. The van der Waals surface area contributed by atoms with Crippen molar-refractivity contribution in [1.29, 1.82) is 0 Å². The first-order chi connectivity index (χ1) is 7.50. The smallest absolute Gasteiger partial charge is 0.337 e. The summed E-state index contributed by atoms with van der Waals surface area (Å²) in [5.74, 6) is -1.12. The predicted octanol–water partition coefficient (Wildman–Crippen LogP) is 2.30. The van der Waals surface area contributed by atoms with Crippen LogP contribution in [0.25, 0.3) is 10.9 Å². The lowest BCUT2D eigenvalue weighted by molar-refractivity contribution is 0.0698. The number of hydrogen-bond acceptors (Lipinski definition) is 2. The van der Waals surface area contributed by atoms with Crippen molar-refractivity contribution in [3.63, 3.8) is 0 Å². The Balaban J connectivity index is 3.00. The molecule has 2 N–H and O–H groups in total. The number of aromatic amines is 1. The first-order valence-electron chi connectivity index (χ1n) is 4.56. The summed E-state index contributed by atoms with van der Waals surface area (Å²) < 4.78 is 0.0522. The number of pyridine rings is 1. The van der Waals surface area contributed by atoms with Gasteiger partial charge in [0, 0.05) is 10.9 Å². The fourth-order valence-corrected chi connectivity index (χ4v) is 2.08. The Morgan fingerprint density at radius 3 is 2.75 bits per heavy atom. The average molecular weight is 282 g/mol. The highest BCUT2D eigenvalue weighted by Gasteiger charge is 2.16. The number of carbonyl (C=O) groups is 1. The molecule has 82 valence electrons. The Kier molecular flexibility index (Phi) is 2.55. The Morgan fingerprint density at radius 2 is 2.12 bits per heavy atom. The number of aromatic nitrogens is 1. The van der Waals surface area contributed by atoms with Crippen LogP contribution in [0.4, 0.5) is 0 Å². The van der Waals surface area contributed by atoms with Crippen molar-refractivity contribution in [3.05, 3.63) is 44.2 Å². The fraction of sp³-hybridized carbons (Fsp3) is 0.0909. The van der Waals surface area contributed by atoms with Gasteiger partial charge in [0.25, 0.3) is 5.56 Å². The molecule has 0 amide bonds. The van der Waals surface area contributed by atoms with Crippen LogP contribution in [0.3, 0.4) is 0 Å². The second-order valence-corrected chi connectivity index (χ2v) is 4.29. The quantitative estimate of drug-likeness (QED) is 0.843. The zero-order valence-corrected chi connectivity index (χ0v) is 9.96. The third-order valence-corrected chi connectivity index (χ3v) is 3.08. The Bertz CT molecular complexity index is 645. The highest BCUT2D eigenvalue weighted by atomic mass is 79.9. The van der Waals surface area contributed by atoms with Crippen LogP contribution in [0, 0.1) is 6.92 Å². The van der Waals surface area contributed by atoms with E-state index in [9.17, 15) is 9.59 Å². The summed E-state index contributed by atoms with van der Waals surface area (Å²) >= 11 is 3.00.